The number of aromatic nitrogens is 1. The van der Waals surface area contributed by atoms with E-state index in [1.54, 1.807) is 18.2 Å². The first-order chi connectivity index (χ1) is 15.1. The highest BCUT2D eigenvalue weighted by Gasteiger charge is 2.45. The number of fused-ring (bicyclic) bond motifs is 1. The van der Waals surface area contributed by atoms with E-state index in [0.717, 1.165) is 12.0 Å². The molecule has 4 aromatic rings. The van der Waals surface area contributed by atoms with E-state index in [-0.39, 0.29) is 24.3 Å². The predicted octanol–water partition coefficient (Wildman–Crippen LogP) is 6.47. The second kappa shape index (κ2) is 8.37. The summed E-state index contributed by atoms with van der Waals surface area (Å²) in [6.07, 6.45) is 0.859. The van der Waals surface area contributed by atoms with Crippen LogP contribution in [0, 0.1) is 5.92 Å². The lowest BCUT2D eigenvalue weighted by Gasteiger charge is -2.22. The molecule has 6 heteroatoms. The molecule has 0 unspecified atom stereocenters. The minimum atomic E-state index is -0.0274. The maximum Gasteiger partial charge on any atom is 0.227 e. The highest BCUT2D eigenvalue weighted by molar-refractivity contribution is 6.31. The third kappa shape index (κ3) is 4.46. The van der Waals surface area contributed by atoms with E-state index >= 15 is 0 Å². The normalized spacial score (nSPS) is 17.6. The number of benzene rings is 3. The minimum absolute atomic E-state index is 0.0274. The first kappa shape index (κ1) is 20.1. The van der Waals surface area contributed by atoms with Gasteiger partial charge >= 0.3 is 0 Å². The number of carbonyl (C=O) groups is 1. The van der Waals surface area contributed by atoms with Crippen LogP contribution in [0.2, 0.25) is 10.0 Å². The maximum atomic E-state index is 13.5. The summed E-state index contributed by atoms with van der Waals surface area (Å²) in [5.41, 5.74) is 3.52. The summed E-state index contributed by atoms with van der Waals surface area (Å²) in [5, 5.41) is 1.25. The maximum absolute atomic E-state index is 13.5. The summed E-state index contributed by atoms with van der Waals surface area (Å²) in [6.45, 7) is 0.729. The number of hydrogen-bond acceptors (Lipinski definition) is 3. The van der Waals surface area contributed by atoms with Gasteiger partial charge in [0.15, 0.2) is 5.58 Å². The fourth-order valence-electron chi connectivity index (χ4n) is 4.02. The molecule has 1 saturated carbocycles. The van der Waals surface area contributed by atoms with Crippen molar-refractivity contribution in [2.24, 2.45) is 5.92 Å². The molecule has 1 heterocycles. The summed E-state index contributed by atoms with van der Waals surface area (Å²) in [5.74, 6) is 0.831. The Morgan fingerprint density at radius 1 is 0.968 bits per heavy atom. The number of hydrogen-bond donors (Lipinski definition) is 0. The standard InChI is InChI=1S/C25H20Cl2N2O2/c26-18-8-4-5-16(11-18)14-29(15-24-28-22-12-19(27)9-10-23(22)31-24)25(30)21-13-20(21)17-6-2-1-3-7-17/h1-12,20-21H,13-15H2/t20-,21+/m1/s1. The van der Waals surface area contributed by atoms with Crippen molar-refractivity contribution in [1.82, 2.24) is 9.88 Å². The lowest BCUT2D eigenvalue weighted by atomic mass is 10.1. The van der Waals surface area contributed by atoms with Crippen molar-refractivity contribution in [3.63, 3.8) is 0 Å². The van der Waals surface area contributed by atoms with Crippen molar-refractivity contribution in [1.29, 1.82) is 0 Å². The SMILES string of the molecule is O=C([C@H]1C[C@@H]1c1ccccc1)N(Cc1cccc(Cl)c1)Cc1nc2cc(Cl)ccc2o1. The van der Waals surface area contributed by atoms with Crippen LogP contribution >= 0.6 is 23.2 Å². The first-order valence-electron chi connectivity index (χ1n) is 10.2. The summed E-state index contributed by atoms with van der Waals surface area (Å²) in [6, 6.07) is 23.1. The van der Waals surface area contributed by atoms with Gasteiger partial charge in [-0.25, -0.2) is 4.98 Å². The van der Waals surface area contributed by atoms with E-state index in [2.05, 4.69) is 17.1 Å². The molecule has 0 N–H and O–H groups in total. The van der Waals surface area contributed by atoms with E-state index < -0.39 is 0 Å². The zero-order chi connectivity index (χ0) is 21.4. The number of halogens is 2. The second-order valence-corrected chi connectivity index (χ2v) is 8.78. The first-order valence-corrected chi connectivity index (χ1v) is 11.0. The quantitative estimate of drug-likeness (QED) is 0.338. The Labute approximate surface area is 190 Å². The monoisotopic (exact) mass is 450 g/mol. The Morgan fingerprint density at radius 2 is 1.77 bits per heavy atom. The van der Waals surface area contributed by atoms with Gasteiger partial charge < -0.3 is 9.32 Å². The fraction of sp³-hybridized carbons (Fsp3) is 0.200. The number of rotatable bonds is 6. The Hall–Kier alpha value is -2.82. The van der Waals surface area contributed by atoms with Crippen LogP contribution in [-0.4, -0.2) is 15.8 Å². The van der Waals surface area contributed by atoms with Crippen LogP contribution in [0.15, 0.2) is 77.2 Å². The molecular weight excluding hydrogens is 431 g/mol. The molecule has 1 aliphatic carbocycles. The van der Waals surface area contributed by atoms with Gasteiger partial charge in [-0.05, 0) is 53.8 Å². The van der Waals surface area contributed by atoms with Crippen LogP contribution in [-0.2, 0) is 17.9 Å². The Bertz CT molecular complexity index is 1240. The van der Waals surface area contributed by atoms with E-state index in [1.165, 1.54) is 5.56 Å². The van der Waals surface area contributed by atoms with E-state index in [4.69, 9.17) is 27.6 Å². The summed E-state index contributed by atoms with van der Waals surface area (Å²) in [7, 11) is 0. The average molecular weight is 451 g/mol. The molecule has 0 radical (unpaired) electrons. The van der Waals surface area contributed by atoms with E-state index in [9.17, 15) is 4.79 Å². The second-order valence-electron chi connectivity index (χ2n) is 7.90. The largest absolute Gasteiger partial charge is 0.439 e. The van der Waals surface area contributed by atoms with E-state index in [1.807, 2.05) is 47.4 Å². The Morgan fingerprint density at radius 3 is 2.58 bits per heavy atom. The van der Waals surface area contributed by atoms with Crippen molar-refractivity contribution < 1.29 is 9.21 Å². The van der Waals surface area contributed by atoms with Gasteiger partial charge in [0, 0.05) is 22.5 Å². The van der Waals surface area contributed by atoms with Crippen LogP contribution in [0.1, 0.15) is 29.4 Å². The molecule has 0 bridgehead atoms. The van der Waals surface area contributed by atoms with Crippen LogP contribution in [0.25, 0.3) is 11.1 Å². The summed E-state index contributed by atoms with van der Waals surface area (Å²) in [4.78, 5) is 19.8. The van der Waals surface area contributed by atoms with Gasteiger partial charge in [0.05, 0.1) is 6.54 Å². The van der Waals surface area contributed by atoms with Crippen LogP contribution in [0.5, 0.6) is 0 Å². The molecule has 1 amide bonds. The number of oxazole rings is 1. The summed E-state index contributed by atoms with van der Waals surface area (Å²) < 4.78 is 5.89. The van der Waals surface area contributed by atoms with Gasteiger partial charge in [-0.15, -0.1) is 0 Å². The third-order valence-electron chi connectivity index (χ3n) is 5.63. The molecule has 4 nitrogen and oxygen atoms in total. The highest BCUT2D eigenvalue weighted by atomic mass is 35.5. The fourth-order valence-corrected chi connectivity index (χ4v) is 4.40. The van der Waals surface area contributed by atoms with Gasteiger partial charge in [-0.2, -0.15) is 0 Å². The topological polar surface area (TPSA) is 46.3 Å². The van der Waals surface area contributed by atoms with Crippen LogP contribution < -0.4 is 0 Å². The average Bonchev–Trinajstić information content (AvgIpc) is 3.47. The molecule has 5 rings (SSSR count). The van der Waals surface area contributed by atoms with E-state index in [0.29, 0.717) is 33.6 Å². The molecule has 31 heavy (non-hydrogen) atoms. The minimum Gasteiger partial charge on any atom is -0.439 e. The molecule has 0 spiro atoms. The molecular formula is C25H20Cl2N2O2. The van der Waals surface area contributed by atoms with Gasteiger partial charge in [0.1, 0.15) is 5.52 Å². The molecule has 156 valence electrons. The Kier molecular flexibility index (Phi) is 5.43. The highest BCUT2D eigenvalue weighted by Crippen LogP contribution is 2.48. The molecule has 3 aromatic carbocycles. The van der Waals surface area contributed by atoms with Crippen molar-refractivity contribution in [3.8, 4) is 0 Å². The van der Waals surface area contributed by atoms with Crippen LogP contribution in [0.4, 0.5) is 0 Å². The lowest BCUT2D eigenvalue weighted by Crippen LogP contribution is -2.32. The van der Waals surface area contributed by atoms with Crippen LogP contribution in [0.3, 0.4) is 0 Å². The smallest absolute Gasteiger partial charge is 0.227 e. The molecule has 2 atom stereocenters. The molecule has 0 aliphatic heterocycles. The van der Waals surface area contributed by atoms with Crippen molar-refractivity contribution in [3.05, 3.63) is 99.9 Å². The summed E-state index contributed by atoms with van der Waals surface area (Å²) >= 11 is 12.2. The zero-order valence-electron chi connectivity index (χ0n) is 16.7. The Balaban J connectivity index is 1.40. The lowest BCUT2D eigenvalue weighted by molar-refractivity contribution is -0.134. The van der Waals surface area contributed by atoms with Crippen molar-refractivity contribution in [2.45, 2.75) is 25.4 Å². The van der Waals surface area contributed by atoms with Crippen molar-refractivity contribution in [2.75, 3.05) is 0 Å². The van der Waals surface area contributed by atoms with Gasteiger partial charge in [-0.1, -0.05) is 65.7 Å². The van der Waals surface area contributed by atoms with Gasteiger partial charge in [-0.3, -0.25) is 4.79 Å². The molecule has 0 saturated heterocycles. The van der Waals surface area contributed by atoms with Gasteiger partial charge in [0.25, 0.3) is 0 Å². The molecule has 1 aliphatic rings. The number of nitrogens with zero attached hydrogens (tertiary/aromatic N) is 2. The van der Waals surface area contributed by atoms with Crippen molar-refractivity contribution >= 4 is 40.2 Å². The number of amides is 1. The molecule has 1 aromatic heterocycles. The molecule has 1 fully saturated rings. The third-order valence-corrected chi connectivity index (χ3v) is 6.10. The predicted molar refractivity (Wildman–Crippen MR) is 122 cm³/mol. The van der Waals surface area contributed by atoms with Gasteiger partial charge in [0.2, 0.25) is 11.8 Å². The zero-order valence-corrected chi connectivity index (χ0v) is 18.2. The number of carbonyl (C=O) groups excluding carboxylic acids is 1.